The molecular formula is C21H29N3O4S2. The van der Waals surface area contributed by atoms with Crippen molar-refractivity contribution in [1.29, 1.82) is 0 Å². The summed E-state index contributed by atoms with van der Waals surface area (Å²) in [5.74, 6) is 1.55. The van der Waals surface area contributed by atoms with Gasteiger partial charge in [-0.3, -0.25) is 4.90 Å². The van der Waals surface area contributed by atoms with E-state index < -0.39 is 10.2 Å². The predicted molar refractivity (Wildman–Crippen MR) is 121 cm³/mol. The number of nitrogens with zero attached hydrogens (tertiary/aromatic N) is 1. The van der Waals surface area contributed by atoms with Crippen LogP contribution >= 0.6 is 12.6 Å². The molecule has 0 spiro atoms. The molecule has 2 N–H and O–H groups in total. The van der Waals surface area contributed by atoms with E-state index in [4.69, 9.17) is 9.47 Å². The molecule has 0 bridgehead atoms. The van der Waals surface area contributed by atoms with Gasteiger partial charge in [-0.2, -0.15) is 25.8 Å². The molecule has 1 fully saturated rings. The van der Waals surface area contributed by atoms with Crippen LogP contribution in [0.4, 0.5) is 0 Å². The highest BCUT2D eigenvalue weighted by Crippen LogP contribution is 2.24. The second-order valence-corrected chi connectivity index (χ2v) is 9.66. The van der Waals surface area contributed by atoms with E-state index in [0.29, 0.717) is 6.54 Å². The van der Waals surface area contributed by atoms with E-state index in [2.05, 4.69) is 27.0 Å². The van der Waals surface area contributed by atoms with Crippen LogP contribution in [0.25, 0.3) is 0 Å². The summed E-state index contributed by atoms with van der Waals surface area (Å²) in [5, 5.41) is 0.227. The van der Waals surface area contributed by atoms with Crippen molar-refractivity contribution < 1.29 is 17.9 Å². The lowest BCUT2D eigenvalue weighted by Gasteiger charge is -2.24. The third-order valence-electron chi connectivity index (χ3n) is 5.18. The van der Waals surface area contributed by atoms with Crippen molar-refractivity contribution in [2.24, 2.45) is 0 Å². The summed E-state index contributed by atoms with van der Waals surface area (Å²) >= 11 is 4.61. The molecule has 0 aliphatic carbocycles. The fourth-order valence-corrected chi connectivity index (χ4v) is 4.83. The van der Waals surface area contributed by atoms with Crippen LogP contribution in [0.5, 0.6) is 11.5 Å². The van der Waals surface area contributed by atoms with E-state index >= 15 is 0 Å². The highest BCUT2D eigenvalue weighted by Gasteiger charge is 2.30. The monoisotopic (exact) mass is 451 g/mol. The standard InChI is InChI=1S/C21H29N3O4S2/c1-27-19-7-3-16(4-8-19)12-22-30(25,26)23-13-18-11-21(29)15-24(18)14-17-5-9-20(28-2)10-6-17/h3-10,18,21-23,29H,11-15H2,1-2H3/t18-,21-/m0/s1. The van der Waals surface area contributed by atoms with Gasteiger partial charge in [-0.15, -0.1) is 0 Å². The number of nitrogens with one attached hydrogen (secondary N) is 2. The molecule has 164 valence electrons. The van der Waals surface area contributed by atoms with Gasteiger partial charge in [0.25, 0.3) is 10.2 Å². The third kappa shape index (κ3) is 6.61. The fourth-order valence-electron chi connectivity index (χ4n) is 3.51. The zero-order chi connectivity index (χ0) is 21.6. The van der Waals surface area contributed by atoms with Gasteiger partial charge < -0.3 is 9.47 Å². The molecule has 0 amide bonds. The molecule has 0 saturated carbocycles. The van der Waals surface area contributed by atoms with E-state index in [1.807, 2.05) is 36.4 Å². The van der Waals surface area contributed by atoms with Crippen molar-refractivity contribution in [2.75, 3.05) is 27.3 Å². The highest BCUT2D eigenvalue weighted by molar-refractivity contribution is 7.87. The largest absolute Gasteiger partial charge is 0.497 e. The SMILES string of the molecule is COc1ccc(CNS(=O)(=O)NC[C@@H]2C[C@H](S)CN2Cc2ccc(OC)cc2)cc1. The van der Waals surface area contributed by atoms with Gasteiger partial charge in [0.15, 0.2) is 0 Å². The van der Waals surface area contributed by atoms with Crippen LogP contribution in [-0.4, -0.2) is 51.9 Å². The van der Waals surface area contributed by atoms with E-state index in [1.165, 1.54) is 0 Å². The van der Waals surface area contributed by atoms with Crippen molar-refractivity contribution in [1.82, 2.24) is 14.3 Å². The molecule has 1 aliphatic rings. The molecule has 0 radical (unpaired) electrons. The zero-order valence-corrected chi connectivity index (χ0v) is 19.0. The number of thiol groups is 1. The Labute approximate surface area is 184 Å². The lowest BCUT2D eigenvalue weighted by molar-refractivity contribution is 0.246. The molecule has 7 nitrogen and oxygen atoms in total. The molecule has 1 heterocycles. The number of hydrogen-bond donors (Lipinski definition) is 3. The minimum atomic E-state index is -3.61. The van der Waals surface area contributed by atoms with Gasteiger partial charge in [0.05, 0.1) is 14.2 Å². The molecular weight excluding hydrogens is 422 g/mol. The first-order chi connectivity index (χ1) is 14.4. The molecule has 2 atom stereocenters. The fraction of sp³-hybridized carbons (Fsp3) is 0.429. The Balaban J connectivity index is 1.52. The Hall–Kier alpha value is -1.78. The Bertz CT molecular complexity index is 905. The lowest BCUT2D eigenvalue weighted by atomic mass is 10.2. The molecule has 1 aliphatic heterocycles. The summed E-state index contributed by atoms with van der Waals surface area (Å²) in [4.78, 5) is 2.27. The molecule has 1 saturated heterocycles. The Morgan fingerprint density at radius 3 is 2.10 bits per heavy atom. The molecule has 30 heavy (non-hydrogen) atoms. The first-order valence-corrected chi connectivity index (χ1v) is 11.8. The topological polar surface area (TPSA) is 79.9 Å². The summed E-state index contributed by atoms with van der Waals surface area (Å²) in [6.45, 7) is 2.12. The molecule has 9 heteroatoms. The van der Waals surface area contributed by atoms with Gasteiger partial charge >= 0.3 is 0 Å². The molecule has 2 aromatic rings. The summed E-state index contributed by atoms with van der Waals surface area (Å²) in [6.07, 6.45) is 0.834. The molecule has 2 aromatic carbocycles. The Morgan fingerprint density at radius 1 is 0.967 bits per heavy atom. The number of benzene rings is 2. The van der Waals surface area contributed by atoms with Gasteiger partial charge in [-0.25, -0.2) is 4.72 Å². The third-order valence-corrected chi connectivity index (χ3v) is 6.63. The minimum Gasteiger partial charge on any atom is -0.497 e. The normalized spacial score (nSPS) is 19.7. The quantitative estimate of drug-likeness (QED) is 0.483. The first kappa shape index (κ1) is 22.9. The molecule has 3 rings (SSSR count). The van der Waals surface area contributed by atoms with Crippen molar-refractivity contribution >= 4 is 22.8 Å². The Morgan fingerprint density at radius 2 is 1.53 bits per heavy atom. The number of likely N-dealkylation sites (tertiary alicyclic amines) is 1. The van der Waals surface area contributed by atoms with E-state index in [-0.39, 0.29) is 17.8 Å². The number of ether oxygens (including phenoxy) is 2. The maximum absolute atomic E-state index is 12.4. The number of rotatable bonds is 10. The summed E-state index contributed by atoms with van der Waals surface area (Å²) < 4.78 is 40.4. The average molecular weight is 452 g/mol. The van der Waals surface area contributed by atoms with E-state index in [1.54, 1.807) is 26.4 Å². The molecule has 0 unspecified atom stereocenters. The maximum Gasteiger partial charge on any atom is 0.277 e. The second-order valence-electron chi connectivity index (χ2n) is 7.34. The zero-order valence-electron chi connectivity index (χ0n) is 17.2. The van der Waals surface area contributed by atoms with Crippen molar-refractivity contribution in [3.63, 3.8) is 0 Å². The van der Waals surface area contributed by atoms with Crippen molar-refractivity contribution in [3.05, 3.63) is 59.7 Å². The van der Waals surface area contributed by atoms with Crippen LogP contribution in [0, 0.1) is 0 Å². The minimum absolute atomic E-state index is 0.0900. The van der Waals surface area contributed by atoms with Gasteiger partial charge in [-0.05, 0) is 41.8 Å². The smallest absolute Gasteiger partial charge is 0.277 e. The molecule has 0 aromatic heterocycles. The van der Waals surface area contributed by atoms with Gasteiger partial charge in [0, 0.05) is 37.5 Å². The van der Waals surface area contributed by atoms with Gasteiger partial charge in [0.2, 0.25) is 0 Å². The van der Waals surface area contributed by atoms with E-state index in [9.17, 15) is 8.42 Å². The summed E-state index contributed by atoms with van der Waals surface area (Å²) in [6, 6.07) is 15.3. The van der Waals surface area contributed by atoms with Crippen LogP contribution in [0.1, 0.15) is 17.5 Å². The lowest BCUT2D eigenvalue weighted by Crippen LogP contribution is -2.44. The number of methoxy groups -OCH3 is 2. The maximum atomic E-state index is 12.4. The van der Waals surface area contributed by atoms with Crippen LogP contribution in [-0.2, 0) is 23.3 Å². The van der Waals surface area contributed by atoms with Crippen LogP contribution in [0.3, 0.4) is 0 Å². The summed E-state index contributed by atoms with van der Waals surface area (Å²) in [5.41, 5.74) is 2.02. The Kier molecular flexibility index (Phi) is 8.01. The van der Waals surface area contributed by atoms with Crippen LogP contribution in [0.2, 0.25) is 0 Å². The predicted octanol–water partition coefficient (Wildman–Crippen LogP) is 2.20. The summed E-state index contributed by atoms with van der Waals surface area (Å²) in [7, 11) is -0.365. The highest BCUT2D eigenvalue weighted by atomic mass is 32.2. The van der Waals surface area contributed by atoms with Crippen molar-refractivity contribution in [3.8, 4) is 11.5 Å². The second kappa shape index (κ2) is 10.5. The first-order valence-electron chi connectivity index (χ1n) is 9.81. The van der Waals surface area contributed by atoms with Crippen molar-refractivity contribution in [2.45, 2.75) is 30.8 Å². The van der Waals surface area contributed by atoms with Gasteiger partial charge in [-0.1, -0.05) is 24.3 Å². The van der Waals surface area contributed by atoms with Crippen LogP contribution in [0.15, 0.2) is 48.5 Å². The van der Waals surface area contributed by atoms with Gasteiger partial charge in [0.1, 0.15) is 11.5 Å². The average Bonchev–Trinajstić information content (AvgIpc) is 3.11. The van der Waals surface area contributed by atoms with E-state index in [0.717, 1.165) is 42.1 Å². The number of hydrogen-bond acceptors (Lipinski definition) is 6. The van der Waals surface area contributed by atoms with Crippen LogP contribution < -0.4 is 18.9 Å².